The van der Waals surface area contributed by atoms with Crippen molar-refractivity contribution in [2.45, 2.75) is 33.6 Å². The number of rotatable bonds is 11. The van der Waals surface area contributed by atoms with Crippen molar-refractivity contribution in [3.63, 3.8) is 0 Å². The summed E-state index contributed by atoms with van der Waals surface area (Å²) in [5, 5.41) is 5.44. The van der Waals surface area contributed by atoms with E-state index in [4.69, 9.17) is 9.47 Å². The first kappa shape index (κ1) is 23.9. The Bertz CT molecular complexity index is 878. The minimum atomic E-state index is -0.506. The predicted molar refractivity (Wildman–Crippen MR) is 119 cm³/mol. The molecule has 2 aromatic rings. The van der Waals surface area contributed by atoms with Crippen molar-refractivity contribution in [1.82, 2.24) is 5.32 Å². The molecule has 0 saturated heterocycles. The molecule has 0 aromatic heterocycles. The van der Waals surface area contributed by atoms with Gasteiger partial charge in [-0.3, -0.25) is 14.4 Å². The van der Waals surface area contributed by atoms with Crippen LogP contribution in [-0.2, 0) is 14.3 Å². The minimum absolute atomic E-state index is 0.146. The maximum atomic E-state index is 12.3. The number of carbonyl (C=O) groups excluding carboxylic acids is 3. The van der Waals surface area contributed by atoms with Crippen LogP contribution in [0.5, 0.6) is 5.75 Å². The molecule has 0 bridgehead atoms. The van der Waals surface area contributed by atoms with E-state index in [0.29, 0.717) is 36.7 Å². The molecule has 31 heavy (non-hydrogen) atoms. The van der Waals surface area contributed by atoms with Crippen LogP contribution in [0.15, 0.2) is 48.5 Å². The van der Waals surface area contributed by atoms with E-state index < -0.39 is 18.5 Å². The van der Waals surface area contributed by atoms with E-state index in [1.165, 1.54) is 0 Å². The number of nitrogens with one attached hydrogen (secondary N) is 2. The third-order valence-corrected chi connectivity index (χ3v) is 4.30. The van der Waals surface area contributed by atoms with E-state index >= 15 is 0 Å². The molecule has 0 radical (unpaired) electrons. The highest BCUT2D eigenvalue weighted by Crippen LogP contribution is 2.15. The summed E-state index contributed by atoms with van der Waals surface area (Å²) in [6, 6.07) is 14.4. The van der Waals surface area contributed by atoms with Crippen LogP contribution in [0.1, 0.15) is 42.6 Å². The average Bonchev–Trinajstić information content (AvgIpc) is 2.75. The molecule has 2 N–H and O–H groups in total. The monoisotopic (exact) mass is 426 g/mol. The van der Waals surface area contributed by atoms with E-state index in [1.807, 2.05) is 45.0 Å². The summed E-state index contributed by atoms with van der Waals surface area (Å²) < 4.78 is 10.6. The van der Waals surface area contributed by atoms with Crippen LogP contribution in [0.2, 0.25) is 0 Å². The van der Waals surface area contributed by atoms with Gasteiger partial charge in [0.15, 0.2) is 6.61 Å². The summed E-state index contributed by atoms with van der Waals surface area (Å²) in [5.41, 5.74) is 1.88. The summed E-state index contributed by atoms with van der Waals surface area (Å²) >= 11 is 0. The quantitative estimate of drug-likeness (QED) is 0.422. The fourth-order valence-corrected chi connectivity index (χ4v) is 2.63. The lowest BCUT2D eigenvalue weighted by Crippen LogP contribution is -2.29. The number of para-hydroxylation sites is 1. The minimum Gasteiger partial charge on any atom is -0.494 e. The number of hydrogen-bond donors (Lipinski definition) is 2. The zero-order valence-electron chi connectivity index (χ0n) is 18.3. The third kappa shape index (κ3) is 8.90. The Labute approximate surface area is 183 Å². The maximum Gasteiger partial charge on any atom is 0.306 e. The SMILES string of the molecule is Cc1ccc(OCCCC(=O)OCC(=O)Nc2ccccc2C(=O)NCC(C)C)cc1. The van der Waals surface area contributed by atoms with Crippen LogP contribution in [0.3, 0.4) is 0 Å². The van der Waals surface area contributed by atoms with Gasteiger partial charge in [-0.2, -0.15) is 0 Å². The number of hydrogen-bond acceptors (Lipinski definition) is 5. The Morgan fingerprint density at radius 3 is 2.42 bits per heavy atom. The third-order valence-electron chi connectivity index (χ3n) is 4.30. The van der Waals surface area contributed by atoms with Crippen LogP contribution in [0.25, 0.3) is 0 Å². The summed E-state index contributed by atoms with van der Waals surface area (Å²) in [5.74, 6) is -0.198. The molecule has 0 aliphatic carbocycles. The Balaban J connectivity index is 1.72. The maximum absolute atomic E-state index is 12.3. The van der Waals surface area contributed by atoms with Gasteiger partial charge < -0.3 is 20.1 Å². The van der Waals surface area contributed by atoms with Crippen LogP contribution < -0.4 is 15.4 Å². The van der Waals surface area contributed by atoms with Gasteiger partial charge in [0.2, 0.25) is 0 Å². The zero-order chi connectivity index (χ0) is 22.6. The van der Waals surface area contributed by atoms with Gasteiger partial charge in [-0.05, 0) is 43.5 Å². The molecule has 0 spiro atoms. The highest BCUT2D eigenvalue weighted by Gasteiger charge is 2.14. The fraction of sp³-hybridized carbons (Fsp3) is 0.375. The molecule has 7 nitrogen and oxygen atoms in total. The molecule has 2 amide bonds. The van der Waals surface area contributed by atoms with E-state index in [9.17, 15) is 14.4 Å². The van der Waals surface area contributed by atoms with Crippen molar-refractivity contribution in [1.29, 1.82) is 0 Å². The van der Waals surface area contributed by atoms with Crippen LogP contribution >= 0.6 is 0 Å². The standard InChI is InChI=1S/C24H30N2O5/c1-17(2)15-25-24(29)20-7-4-5-8-21(20)26-22(27)16-31-23(28)9-6-14-30-19-12-10-18(3)11-13-19/h4-5,7-8,10-13,17H,6,9,14-16H2,1-3H3,(H,25,29)(H,26,27). The highest BCUT2D eigenvalue weighted by atomic mass is 16.5. The molecule has 0 fully saturated rings. The number of aryl methyl sites for hydroxylation is 1. The molecule has 0 saturated carbocycles. The molecular weight excluding hydrogens is 396 g/mol. The lowest BCUT2D eigenvalue weighted by atomic mass is 10.1. The molecule has 0 unspecified atom stereocenters. The molecule has 2 aromatic carbocycles. The smallest absolute Gasteiger partial charge is 0.306 e. The summed E-state index contributed by atoms with van der Waals surface area (Å²) in [7, 11) is 0. The van der Waals surface area contributed by atoms with Crippen molar-refractivity contribution < 1.29 is 23.9 Å². The highest BCUT2D eigenvalue weighted by molar-refractivity contribution is 6.04. The first-order valence-corrected chi connectivity index (χ1v) is 10.4. The fourth-order valence-electron chi connectivity index (χ4n) is 2.63. The number of carbonyl (C=O) groups is 3. The second kappa shape index (κ2) is 12.4. The van der Waals surface area contributed by atoms with Gasteiger partial charge in [-0.25, -0.2) is 0 Å². The summed E-state index contributed by atoms with van der Waals surface area (Å²) in [4.78, 5) is 36.3. The summed E-state index contributed by atoms with van der Waals surface area (Å²) in [6.45, 7) is 6.49. The van der Waals surface area contributed by atoms with E-state index in [0.717, 1.165) is 11.3 Å². The van der Waals surface area contributed by atoms with Crippen LogP contribution in [0, 0.1) is 12.8 Å². The van der Waals surface area contributed by atoms with E-state index in [2.05, 4.69) is 10.6 Å². The lowest BCUT2D eigenvalue weighted by Gasteiger charge is -2.12. The van der Waals surface area contributed by atoms with Crippen molar-refractivity contribution in [3.8, 4) is 5.75 Å². The van der Waals surface area contributed by atoms with Gasteiger partial charge in [0.25, 0.3) is 11.8 Å². The number of esters is 1. The number of anilines is 1. The first-order valence-electron chi connectivity index (χ1n) is 10.4. The molecule has 166 valence electrons. The van der Waals surface area contributed by atoms with Crippen molar-refractivity contribution in [2.24, 2.45) is 5.92 Å². The van der Waals surface area contributed by atoms with Gasteiger partial charge in [0.05, 0.1) is 17.9 Å². The Kier molecular flexibility index (Phi) is 9.55. The molecule has 7 heteroatoms. The van der Waals surface area contributed by atoms with Gasteiger partial charge >= 0.3 is 5.97 Å². The molecule has 0 heterocycles. The average molecular weight is 427 g/mol. The first-order chi connectivity index (χ1) is 14.8. The number of ether oxygens (including phenoxy) is 2. The molecule has 0 aliphatic rings. The van der Waals surface area contributed by atoms with Crippen molar-refractivity contribution in [3.05, 3.63) is 59.7 Å². The largest absolute Gasteiger partial charge is 0.494 e. The number of benzene rings is 2. The van der Waals surface area contributed by atoms with Crippen LogP contribution in [-0.4, -0.2) is 37.5 Å². The normalized spacial score (nSPS) is 10.5. The Morgan fingerprint density at radius 2 is 1.71 bits per heavy atom. The second-order valence-electron chi connectivity index (χ2n) is 7.62. The van der Waals surface area contributed by atoms with Gasteiger partial charge in [0, 0.05) is 13.0 Å². The summed E-state index contributed by atoms with van der Waals surface area (Å²) in [6.07, 6.45) is 0.626. The zero-order valence-corrected chi connectivity index (χ0v) is 18.3. The second-order valence-corrected chi connectivity index (χ2v) is 7.62. The lowest BCUT2D eigenvalue weighted by molar-refractivity contribution is -0.147. The Morgan fingerprint density at radius 1 is 1.00 bits per heavy atom. The van der Waals surface area contributed by atoms with Crippen LogP contribution in [0.4, 0.5) is 5.69 Å². The number of amides is 2. The molecule has 0 atom stereocenters. The van der Waals surface area contributed by atoms with Gasteiger partial charge in [-0.1, -0.05) is 43.7 Å². The predicted octanol–water partition coefficient (Wildman–Crippen LogP) is 3.72. The Hall–Kier alpha value is -3.35. The molecule has 0 aliphatic heterocycles. The van der Waals surface area contributed by atoms with E-state index in [1.54, 1.807) is 24.3 Å². The van der Waals surface area contributed by atoms with Gasteiger partial charge in [-0.15, -0.1) is 0 Å². The van der Waals surface area contributed by atoms with E-state index in [-0.39, 0.29) is 12.3 Å². The van der Waals surface area contributed by atoms with Gasteiger partial charge in [0.1, 0.15) is 5.75 Å². The topological polar surface area (TPSA) is 93.7 Å². The van der Waals surface area contributed by atoms with Crippen molar-refractivity contribution in [2.75, 3.05) is 25.1 Å². The van der Waals surface area contributed by atoms with Crippen molar-refractivity contribution >= 4 is 23.5 Å². The molecular formula is C24H30N2O5. The molecule has 2 rings (SSSR count).